The predicted molar refractivity (Wildman–Crippen MR) is 120 cm³/mol. The van der Waals surface area contributed by atoms with E-state index in [1.54, 1.807) is 19.0 Å². The highest BCUT2D eigenvalue weighted by molar-refractivity contribution is 5.94. The van der Waals surface area contributed by atoms with Gasteiger partial charge < -0.3 is 15.1 Å². The molecule has 0 unspecified atom stereocenters. The van der Waals surface area contributed by atoms with Crippen LogP contribution in [0.15, 0.2) is 24.3 Å². The fourth-order valence-electron chi connectivity index (χ4n) is 4.96. The number of carbonyl (C=O) groups excluding carboxylic acids is 2. The van der Waals surface area contributed by atoms with Crippen molar-refractivity contribution in [2.45, 2.75) is 25.3 Å². The van der Waals surface area contributed by atoms with Gasteiger partial charge in [-0.05, 0) is 37.1 Å². The maximum Gasteiger partial charge on any atom is 0.278 e. The van der Waals surface area contributed by atoms with Gasteiger partial charge in [0.05, 0.1) is 13.1 Å². The molecule has 0 bridgehead atoms. The van der Waals surface area contributed by atoms with Crippen LogP contribution in [0.1, 0.15) is 29.6 Å². The SMILES string of the molecule is CN(C)C(=O)c1ccc([N+]2(CC(=O)N3CCN(C4CCC4)CC3)CCNCC2)cc1. The van der Waals surface area contributed by atoms with Crippen molar-refractivity contribution in [3.63, 3.8) is 0 Å². The third kappa shape index (κ3) is 4.38. The molecule has 0 radical (unpaired) electrons. The molecule has 1 N–H and O–H groups in total. The number of nitrogens with one attached hydrogen (secondary N) is 1. The summed E-state index contributed by atoms with van der Waals surface area (Å²) in [6.45, 7) is 7.84. The van der Waals surface area contributed by atoms with Gasteiger partial charge in [0.25, 0.3) is 11.8 Å². The Morgan fingerprint density at radius 1 is 1.03 bits per heavy atom. The van der Waals surface area contributed by atoms with E-state index in [4.69, 9.17) is 0 Å². The van der Waals surface area contributed by atoms with Crippen LogP contribution in [0.5, 0.6) is 0 Å². The molecular weight excluding hydrogens is 378 g/mol. The van der Waals surface area contributed by atoms with Gasteiger partial charge in [0, 0.05) is 65.0 Å². The Bertz CT molecular complexity index is 745. The largest absolute Gasteiger partial charge is 0.345 e. The summed E-state index contributed by atoms with van der Waals surface area (Å²) in [7, 11) is 3.54. The van der Waals surface area contributed by atoms with Gasteiger partial charge in [0.1, 0.15) is 5.69 Å². The Morgan fingerprint density at radius 3 is 2.20 bits per heavy atom. The molecule has 2 aliphatic heterocycles. The van der Waals surface area contributed by atoms with Gasteiger partial charge in [0.2, 0.25) is 0 Å². The number of hydrogen-bond acceptors (Lipinski definition) is 4. The number of rotatable bonds is 5. The standard InChI is InChI=1S/C23H36N5O2/c1-25(2)23(30)19-6-8-21(9-7-19)28(16-10-24-11-17-28)18-22(29)27-14-12-26(13-15-27)20-4-3-5-20/h6-9,20,24H,3-5,10-18H2,1-2H3/q+1. The Balaban J connectivity index is 1.44. The van der Waals surface area contributed by atoms with E-state index in [1.807, 2.05) is 24.3 Å². The number of amides is 2. The minimum Gasteiger partial charge on any atom is -0.345 e. The monoisotopic (exact) mass is 414 g/mol. The Kier molecular flexibility index (Phi) is 6.41. The highest BCUT2D eigenvalue weighted by atomic mass is 16.2. The number of carbonyl (C=O) groups is 2. The van der Waals surface area contributed by atoms with Crippen LogP contribution in [0, 0.1) is 0 Å². The molecule has 2 amide bonds. The van der Waals surface area contributed by atoms with E-state index in [9.17, 15) is 9.59 Å². The van der Waals surface area contributed by atoms with Gasteiger partial charge in [-0.1, -0.05) is 6.42 Å². The molecule has 3 fully saturated rings. The molecule has 4 rings (SSSR count). The van der Waals surface area contributed by atoms with Gasteiger partial charge in [0.15, 0.2) is 6.54 Å². The summed E-state index contributed by atoms with van der Waals surface area (Å²) in [6, 6.07) is 8.66. The van der Waals surface area contributed by atoms with Gasteiger partial charge >= 0.3 is 0 Å². The van der Waals surface area contributed by atoms with Crippen molar-refractivity contribution in [3.05, 3.63) is 29.8 Å². The third-order valence-corrected chi connectivity index (χ3v) is 7.20. The maximum atomic E-state index is 13.3. The molecular formula is C23H36N5O2+. The molecule has 7 nitrogen and oxygen atoms in total. The second kappa shape index (κ2) is 9.04. The van der Waals surface area contributed by atoms with E-state index in [0.29, 0.717) is 16.6 Å². The van der Waals surface area contributed by atoms with E-state index in [1.165, 1.54) is 19.3 Å². The zero-order valence-corrected chi connectivity index (χ0v) is 18.5. The highest BCUT2D eigenvalue weighted by Gasteiger charge is 2.38. The Hall–Kier alpha value is -1.96. The summed E-state index contributed by atoms with van der Waals surface area (Å²) in [6.07, 6.45) is 4.01. The number of nitrogens with zero attached hydrogens (tertiary/aromatic N) is 4. The first-order chi connectivity index (χ1) is 14.5. The Morgan fingerprint density at radius 2 is 1.67 bits per heavy atom. The van der Waals surface area contributed by atoms with E-state index < -0.39 is 0 Å². The molecule has 3 aliphatic rings. The van der Waals surface area contributed by atoms with Crippen molar-refractivity contribution in [1.82, 2.24) is 24.5 Å². The normalized spacial score (nSPS) is 22.4. The van der Waals surface area contributed by atoms with Crippen LogP contribution in [-0.4, -0.2) is 106 Å². The van der Waals surface area contributed by atoms with Crippen molar-refractivity contribution < 1.29 is 9.59 Å². The van der Waals surface area contributed by atoms with Gasteiger partial charge in [-0.2, -0.15) is 0 Å². The fraction of sp³-hybridized carbons (Fsp3) is 0.652. The van der Waals surface area contributed by atoms with Crippen LogP contribution < -0.4 is 9.80 Å². The average molecular weight is 415 g/mol. The molecule has 1 aromatic carbocycles. The topological polar surface area (TPSA) is 55.9 Å². The summed E-state index contributed by atoms with van der Waals surface area (Å²) in [5.74, 6) is 0.271. The summed E-state index contributed by atoms with van der Waals surface area (Å²) in [4.78, 5) is 31.8. The summed E-state index contributed by atoms with van der Waals surface area (Å²) >= 11 is 0. The van der Waals surface area contributed by atoms with Crippen molar-refractivity contribution in [2.75, 3.05) is 73.0 Å². The molecule has 164 valence electrons. The molecule has 0 spiro atoms. The molecule has 2 heterocycles. The second-order valence-corrected chi connectivity index (χ2v) is 9.25. The summed E-state index contributed by atoms with van der Waals surface area (Å²) in [5, 5.41) is 3.43. The number of hydrogen-bond donors (Lipinski definition) is 1. The molecule has 0 atom stereocenters. The van der Waals surface area contributed by atoms with E-state index in [0.717, 1.165) is 64.1 Å². The van der Waals surface area contributed by atoms with Gasteiger partial charge in [-0.3, -0.25) is 19.0 Å². The first-order valence-corrected chi connectivity index (χ1v) is 11.4. The number of quaternary nitrogens is 1. The van der Waals surface area contributed by atoms with Gasteiger partial charge in [-0.25, -0.2) is 0 Å². The quantitative estimate of drug-likeness (QED) is 0.731. The maximum absolute atomic E-state index is 13.3. The third-order valence-electron chi connectivity index (χ3n) is 7.20. The summed E-state index contributed by atoms with van der Waals surface area (Å²) in [5.41, 5.74) is 1.82. The van der Waals surface area contributed by atoms with Gasteiger partial charge in [-0.15, -0.1) is 0 Å². The fourth-order valence-corrected chi connectivity index (χ4v) is 4.96. The van der Waals surface area contributed by atoms with Crippen LogP contribution >= 0.6 is 0 Å². The zero-order valence-electron chi connectivity index (χ0n) is 18.5. The molecule has 1 saturated carbocycles. The zero-order chi connectivity index (χ0) is 21.1. The second-order valence-electron chi connectivity index (χ2n) is 9.25. The minimum absolute atomic E-state index is 0.00817. The van der Waals surface area contributed by atoms with E-state index >= 15 is 0 Å². The van der Waals surface area contributed by atoms with Crippen molar-refractivity contribution >= 4 is 17.5 Å². The van der Waals surface area contributed by atoms with Crippen molar-refractivity contribution in [2.24, 2.45) is 0 Å². The molecule has 30 heavy (non-hydrogen) atoms. The highest BCUT2D eigenvalue weighted by Crippen LogP contribution is 2.27. The van der Waals surface area contributed by atoms with Crippen LogP contribution in [-0.2, 0) is 4.79 Å². The predicted octanol–water partition coefficient (Wildman–Crippen LogP) is 0.996. The smallest absolute Gasteiger partial charge is 0.278 e. The number of benzene rings is 1. The average Bonchev–Trinajstić information content (AvgIpc) is 2.73. The lowest BCUT2D eigenvalue weighted by Gasteiger charge is -2.45. The molecule has 2 saturated heterocycles. The van der Waals surface area contributed by atoms with Crippen molar-refractivity contribution in [3.8, 4) is 0 Å². The van der Waals surface area contributed by atoms with Crippen LogP contribution in [0.4, 0.5) is 5.69 Å². The van der Waals surface area contributed by atoms with E-state index in [-0.39, 0.29) is 11.8 Å². The lowest BCUT2D eigenvalue weighted by atomic mass is 9.91. The summed E-state index contributed by atoms with van der Waals surface area (Å²) < 4.78 is 0.672. The molecule has 0 aromatic heterocycles. The van der Waals surface area contributed by atoms with E-state index in [2.05, 4.69) is 15.1 Å². The van der Waals surface area contributed by atoms with Crippen molar-refractivity contribution in [1.29, 1.82) is 0 Å². The minimum atomic E-state index is 0.00817. The van der Waals surface area contributed by atoms with Crippen LogP contribution in [0.2, 0.25) is 0 Å². The lowest BCUT2D eigenvalue weighted by molar-refractivity contribution is -0.134. The van der Waals surface area contributed by atoms with Crippen LogP contribution in [0.3, 0.4) is 0 Å². The lowest BCUT2D eigenvalue weighted by Crippen LogP contribution is -2.64. The molecule has 7 heteroatoms. The molecule has 1 aromatic rings. The van der Waals surface area contributed by atoms with Crippen LogP contribution in [0.25, 0.3) is 0 Å². The first kappa shape index (κ1) is 21.3. The molecule has 1 aliphatic carbocycles. The first-order valence-electron chi connectivity index (χ1n) is 11.4. The number of piperazine rings is 2. The Labute approximate surface area is 180 Å².